The molecular weight excluding hydrogens is 639 g/mol. The highest BCUT2D eigenvalue weighted by Gasteiger charge is 2.26. The monoisotopic (exact) mass is 674 g/mol. The van der Waals surface area contributed by atoms with E-state index in [0.29, 0.717) is 79.7 Å². The molecule has 4 N–H and O–H groups in total. The van der Waals surface area contributed by atoms with Gasteiger partial charge in [0, 0.05) is 68.4 Å². The van der Waals surface area contributed by atoms with Gasteiger partial charge in [0.05, 0.1) is 30.2 Å². The van der Waals surface area contributed by atoms with Crippen molar-refractivity contribution in [3.05, 3.63) is 95.2 Å². The number of hydrogen-bond donors (Lipinski definition) is 4. The Hall–Kier alpha value is -5.86. The molecule has 0 unspecified atom stereocenters. The van der Waals surface area contributed by atoms with Gasteiger partial charge in [-0.3, -0.25) is 15.0 Å². The first-order chi connectivity index (χ1) is 24.4. The molecule has 6 rings (SSSR count). The summed E-state index contributed by atoms with van der Waals surface area (Å²) < 4.78 is 20.4. The van der Waals surface area contributed by atoms with E-state index in [-0.39, 0.29) is 22.9 Å². The molecule has 2 aliphatic rings. The van der Waals surface area contributed by atoms with Crippen LogP contribution in [0.5, 0.6) is 5.75 Å². The minimum Gasteiger partial charge on any atom is -0.506 e. The van der Waals surface area contributed by atoms with Gasteiger partial charge >= 0.3 is 0 Å². The van der Waals surface area contributed by atoms with Crippen molar-refractivity contribution in [1.29, 1.82) is 10.5 Å². The fourth-order valence-electron chi connectivity index (χ4n) is 6.28. The Kier molecular flexibility index (Phi) is 10.6. The predicted octanol–water partition coefficient (Wildman–Crippen LogP) is 4.51. The molecular formula is C37H35FN8O4. The lowest BCUT2D eigenvalue weighted by Crippen LogP contribution is -2.43. The predicted molar refractivity (Wildman–Crippen MR) is 184 cm³/mol. The molecule has 0 aliphatic carbocycles. The summed E-state index contributed by atoms with van der Waals surface area (Å²) >= 11 is 0. The summed E-state index contributed by atoms with van der Waals surface area (Å²) in [4.78, 5) is 24.5. The second-order valence-corrected chi connectivity index (χ2v) is 12.0. The summed E-state index contributed by atoms with van der Waals surface area (Å²) in [6.45, 7) is 4.24. The molecule has 2 fully saturated rings. The highest BCUT2D eigenvalue weighted by atomic mass is 19.1. The number of hydrogen-bond acceptors (Lipinski definition) is 11. The number of phenolic OH excluding ortho intramolecular Hbond substituents is 1. The van der Waals surface area contributed by atoms with E-state index < -0.39 is 11.7 Å². The van der Waals surface area contributed by atoms with Gasteiger partial charge in [-0.25, -0.2) is 14.9 Å². The maximum absolute atomic E-state index is 15.0. The fraction of sp³-hybridized carbons (Fsp3) is 0.270. The van der Waals surface area contributed by atoms with Crippen molar-refractivity contribution in [3.63, 3.8) is 0 Å². The average Bonchev–Trinajstić information content (AvgIpc) is 3.16. The van der Waals surface area contributed by atoms with E-state index in [1.165, 1.54) is 18.2 Å². The van der Waals surface area contributed by atoms with Gasteiger partial charge in [0.2, 0.25) is 0 Å². The van der Waals surface area contributed by atoms with Gasteiger partial charge in [0.25, 0.3) is 5.91 Å². The lowest BCUT2D eigenvalue weighted by molar-refractivity contribution is -0.124. The van der Waals surface area contributed by atoms with Crippen LogP contribution in [0, 0.1) is 28.5 Å². The molecule has 13 heteroatoms. The van der Waals surface area contributed by atoms with Gasteiger partial charge in [0.15, 0.2) is 0 Å². The summed E-state index contributed by atoms with van der Waals surface area (Å²) in [5.74, 6) is -0.744. The third-order valence-corrected chi connectivity index (χ3v) is 8.94. The number of phenols is 1. The molecule has 1 amide bonds. The van der Waals surface area contributed by atoms with E-state index in [2.05, 4.69) is 26.2 Å². The highest BCUT2D eigenvalue weighted by Crippen LogP contribution is 2.41. The first kappa shape index (κ1) is 34.0. The smallest absolute Gasteiger partial charge is 0.267 e. The highest BCUT2D eigenvalue weighted by molar-refractivity contribution is 5.91. The Morgan fingerprint density at radius 1 is 0.980 bits per heavy atom. The average molecular weight is 675 g/mol. The normalized spacial score (nSPS) is 15.1. The molecule has 0 radical (unpaired) electrons. The quantitative estimate of drug-likeness (QED) is 0.112. The third kappa shape index (κ3) is 7.56. The zero-order chi connectivity index (χ0) is 35.0. The molecule has 0 spiro atoms. The summed E-state index contributed by atoms with van der Waals surface area (Å²) in [7, 11) is 0. The number of amides is 1. The number of piperidine rings is 1. The Labute approximate surface area is 288 Å². The van der Waals surface area contributed by atoms with Crippen molar-refractivity contribution < 1.29 is 24.2 Å². The van der Waals surface area contributed by atoms with Crippen LogP contribution in [0.25, 0.3) is 28.3 Å². The van der Waals surface area contributed by atoms with E-state index in [1.54, 1.807) is 36.1 Å². The number of morpholine rings is 1. The Morgan fingerprint density at radius 2 is 1.76 bits per heavy atom. The van der Waals surface area contributed by atoms with Gasteiger partial charge in [0.1, 0.15) is 35.1 Å². The Bertz CT molecular complexity index is 1980. The van der Waals surface area contributed by atoms with E-state index in [9.17, 15) is 24.8 Å². The van der Waals surface area contributed by atoms with E-state index in [0.717, 1.165) is 24.1 Å². The maximum Gasteiger partial charge on any atom is 0.267 e. The number of ether oxygens (including phenoxy) is 1. The van der Waals surface area contributed by atoms with Crippen LogP contribution < -0.4 is 20.6 Å². The number of carbonyl (C=O) groups is 1. The third-order valence-electron chi connectivity index (χ3n) is 8.94. The van der Waals surface area contributed by atoms with Crippen LogP contribution in [0.1, 0.15) is 35.2 Å². The molecule has 254 valence electrons. The van der Waals surface area contributed by atoms with E-state index in [4.69, 9.17) is 14.9 Å². The lowest BCUT2D eigenvalue weighted by atomic mass is 9.91. The molecule has 2 aromatic carbocycles. The number of nitrogens with zero attached hydrogens (tertiary/aromatic N) is 6. The molecule has 12 nitrogen and oxygen atoms in total. The maximum atomic E-state index is 15.0. The van der Waals surface area contributed by atoms with Crippen LogP contribution >= 0.6 is 0 Å². The number of anilines is 2. The molecule has 0 bridgehead atoms. The SMILES string of the molecule is N#Cc1ccc(-c2c(-c3ccc(N4CCOCC4)c(O)c3)cnc(N3CCC(NCc4ccc(/C=C/C(=O)NO)cn4)CC3)c2C#N)cc1F. The van der Waals surface area contributed by atoms with Crippen molar-refractivity contribution in [2.45, 2.75) is 25.4 Å². The van der Waals surface area contributed by atoms with Crippen molar-refractivity contribution in [2.75, 3.05) is 49.2 Å². The van der Waals surface area contributed by atoms with Crippen molar-refractivity contribution in [3.8, 4) is 40.1 Å². The van der Waals surface area contributed by atoms with E-state index >= 15 is 0 Å². The summed E-state index contributed by atoms with van der Waals surface area (Å²) in [5, 5.41) is 43.1. The molecule has 2 aliphatic heterocycles. The van der Waals surface area contributed by atoms with Gasteiger partial charge in [-0.15, -0.1) is 0 Å². The number of pyridine rings is 2. The van der Waals surface area contributed by atoms with Gasteiger partial charge in [-0.1, -0.05) is 18.2 Å². The van der Waals surface area contributed by atoms with E-state index in [1.807, 2.05) is 30.3 Å². The van der Waals surface area contributed by atoms with Crippen LogP contribution in [-0.2, 0) is 16.1 Å². The fourth-order valence-corrected chi connectivity index (χ4v) is 6.28. The lowest BCUT2D eigenvalue weighted by Gasteiger charge is -2.34. The summed E-state index contributed by atoms with van der Waals surface area (Å²) in [6, 6.07) is 17.7. The number of carbonyl (C=O) groups excluding carboxylic acids is 1. The van der Waals surface area contributed by atoms with Gasteiger partial charge in [-0.2, -0.15) is 10.5 Å². The number of halogens is 1. The summed E-state index contributed by atoms with van der Waals surface area (Å²) in [5.41, 5.74) is 6.04. The molecule has 4 heterocycles. The zero-order valence-electron chi connectivity index (χ0n) is 27.1. The number of benzene rings is 2. The first-order valence-corrected chi connectivity index (χ1v) is 16.2. The molecule has 2 saturated heterocycles. The summed E-state index contributed by atoms with van der Waals surface area (Å²) in [6.07, 6.45) is 7.64. The van der Waals surface area contributed by atoms with Crippen molar-refractivity contribution in [1.82, 2.24) is 20.8 Å². The number of aromatic hydroxyl groups is 1. The standard InChI is InChI=1S/C37H35FN8O4/c38-32-17-26(3-4-27(32)19-39)36-30(20-40)37(43-23-31(36)25-5-7-33(34(47)18-25)45-13-15-50-16-14-45)46-11-9-28(10-12-46)42-22-29-6-1-24(21-41-29)2-8-35(48)44-49/h1-8,17-18,21,23,28,42,47,49H,9-16,22H2,(H,44,48)/b8-2+. The van der Waals surface area contributed by atoms with Crippen LogP contribution in [0.15, 0.2) is 67.0 Å². The minimum absolute atomic E-state index is 0.0774. The number of hydroxylamine groups is 1. The molecule has 2 aromatic heterocycles. The number of rotatable bonds is 9. The number of nitriles is 2. The van der Waals surface area contributed by atoms with Crippen LogP contribution in [0.3, 0.4) is 0 Å². The first-order valence-electron chi connectivity index (χ1n) is 16.2. The second-order valence-electron chi connectivity index (χ2n) is 12.0. The van der Waals surface area contributed by atoms with Crippen molar-refractivity contribution >= 4 is 23.5 Å². The van der Waals surface area contributed by atoms with Gasteiger partial charge < -0.3 is 25.0 Å². The topological polar surface area (TPSA) is 171 Å². The number of nitrogens with one attached hydrogen (secondary N) is 2. The van der Waals surface area contributed by atoms with Crippen LogP contribution in [0.2, 0.25) is 0 Å². The molecule has 0 atom stereocenters. The molecule has 0 saturated carbocycles. The zero-order valence-corrected chi connectivity index (χ0v) is 27.1. The number of aromatic nitrogens is 2. The molecule has 50 heavy (non-hydrogen) atoms. The van der Waals surface area contributed by atoms with Crippen LogP contribution in [0.4, 0.5) is 15.9 Å². The van der Waals surface area contributed by atoms with Gasteiger partial charge in [-0.05, 0) is 65.9 Å². The Morgan fingerprint density at radius 3 is 2.42 bits per heavy atom. The minimum atomic E-state index is -0.690. The van der Waals surface area contributed by atoms with Crippen molar-refractivity contribution in [2.24, 2.45) is 0 Å². The second kappa shape index (κ2) is 15.6. The largest absolute Gasteiger partial charge is 0.506 e. The Balaban J connectivity index is 1.23. The molecule has 4 aromatic rings. The van der Waals surface area contributed by atoms with Crippen LogP contribution in [-0.4, -0.2) is 71.6 Å².